The SMILES string of the molecule is C/C=C1\[C@H]2C=C(C)C[C@]1(N)c1sc(=O)[nH]c1C2. The Hall–Kier alpha value is -1.13. The van der Waals surface area contributed by atoms with Crippen molar-refractivity contribution in [2.24, 2.45) is 11.7 Å². The van der Waals surface area contributed by atoms with Crippen LogP contribution in [0.2, 0.25) is 0 Å². The number of nitrogens with one attached hydrogen (secondary N) is 1. The predicted octanol–water partition coefficient (Wildman–Crippen LogP) is 2.06. The Bertz CT molecular complexity index is 593. The number of aromatic nitrogens is 1. The summed E-state index contributed by atoms with van der Waals surface area (Å²) >= 11 is 1.27. The largest absolute Gasteiger partial charge is 0.317 e. The molecule has 3 N–H and O–H groups in total. The van der Waals surface area contributed by atoms with Gasteiger partial charge < -0.3 is 10.7 Å². The zero-order chi connectivity index (χ0) is 12.2. The van der Waals surface area contributed by atoms with Gasteiger partial charge in [-0.2, -0.15) is 0 Å². The molecular formula is C13H16N2OS. The lowest BCUT2D eigenvalue weighted by Gasteiger charge is -2.43. The summed E-state index contributed by atoms with van der Waals surface area (Å²) in [5, 5.41) is 0. The van der Waals surface area contributed by atoms with Gasteiger partial charge >= 0.3 is 4.87 Å². The van der Waals surface area contributed by atoms with Crippen LogP contribution in [-0.2, 0) is 12.0 Å². The van der Waals surface area contributed by atoms with Gasteiger partial charge in [0.2, 0.25) is 0 Å². The number of hydrogen-bond donors (Lipinski definition) is 2. The lowest BCUT2D eigenvalue weighted by atomic mass is 9.66. The molecule has 0 spiro atoms. The number of thiazole rings is 1. The van der Waals surface area contributed by atoms with E-state index in [0.29, 0.717) is 5.92 Å². The van der Waals surface area contributed by atoms with Crippen LogP contribution in [0.15, 0.2) is 28.1 Å². The average Bonchev–Trinajstić information content (AvgIpc) is 2.58. The highest BCUT2D eigenvalue weighted by Crippen LogP contribution is 2.48. The van der Waals surface area contributed by atoms with Gasteiger partial charge in [-0.3, -0.25) is 4.79 Å². The molecule has 1 heterocycles. The fraction of sp³-hybridized carbons (Fsp3) is 0.462. The van der Waals surface area contributed by atoms with E-state index in [2.05, 4.69) is 24.1 Å². The van der Waals surface area contributed by atoms with Crippen molar-refractivity contribution in [1.82, 2.24) is 4.98 Å². The quantitative estimate of drug-likeness (QED) is 0.690. The average molecular weight is 248 g/mol. The van der Waals surface area contributed by atoms with Crippen molar-refractivity contribution in [3.05, 3.63) is 43.5 Å². The molecule has 0 fully saturated rings. The Labute approximate surface area is 104 Å². The van der Waals surface area contributed by atoms with Crippen LogP contribution in [0.1, 0.15) is 30.8 Å². The maximum Gasteiger partial charge on any atom is 0.305 e. The van der Waals surface area contributed by atoms with Crippen LogP contribution < -0.4 is 10.6 Å². The minimum Gasteiger partial charge on any atom is -0.317 e. The molecule has 90 valence electrons. The van der Waals surface area contributed by atoms with Gasteiger partial charge in [0.15, 0.2) is 0 Å². The number of hydrogen-bond acceptors (Lipinski definition) is 3. The van der Waals surface area contributed by atoms with Gasteiger partial charge in [0.1, 0.15) is 0 Å². The molecule has 1 aromatic rings. The highest BCUT2D eigenvalue weighted by molar-refractivity contribution is 7.09. The van der Waals surface area contributed by atoms with Gasteiger partial charge in [-0.15, -0.1) is 0 Å². The number of allylic oxidation sites excluding steroid dienone is 2. The Kier molecular flexibility index (Phi) is 2.22. The molecule has 2 aliphatic rings. The second-order valence-electron chi connectivity index (χ2n) is 5.04. The van der Waals surface area contributed by atoms with Crippen molar-refractivity contribution >= 4 is 11.3 Å². The molecule has 0 saturated carbocycles. The minimum atomic E-state index is -0.449. The predicted molar refractivity (Wildman–Crippen MR) is 70.1 cm³/mol. The summed E-state index contributed by atoms with van der Waals surface area (Å²) in [5.74, 6) is 0.358. The van der Waals surface area contributed by atoms with E-state index in [1.54, 1.807) is 0 Å². The first-order valence-electron chi connectivity index (χ1n) is 5.90. The molecule has 2 bridgehead atoms. The number of rotatable bonds is 0. The molecule has 2 aliphatic carbocycles. The molecule has 3 nitrogen and oxygen atoms in total. The molecule has 3 rings (SSSR count). The van der Waals surface area contributed by atoms with E-state index in [1.165, 1.54) is 22.5 Å². The zero-order valence-corrected chi connectivity index (χ0v) is 10.9. The first kappa shape index (κ1) is 11.0. The first-order valence-corrected chi connectivity index (χ1v) is 6.71. The van der Waals surface area contributed by atoms with Gasteiger partial charge in [0, 0.05) is 11.6 Å². The highest BCUT2D eigenvalue weighted by Gasteiger charge is 2.45. The third-order valence-electron chi connectivity index (χ3n) is 3.82. The fourth-order valence-corrected chi connectivity index (χ4v) is 4.29. The van der Waals surface area contributed by atoms with E-state index in [0.717, 1.165) is 23.4 Å². The molecule has 17 heavy (non-hydrogen) atoms. The topological polar surface area (TPSA) is 58.9 Å². The Morgan fingerprint density at radius 1 is 1.65 bits per heavy atom. The smallest absolute Gasteiger partial charge is 0.305 e. The van der Waals surface area contributed by atoms with Gasteiger partial charge in [0.05, 0.1) is 10.4 Å². The number of fused-ring (bicyclic) bond motifs is 4. The van der Waals surface area contributed by atoms with Gasteiger partial charge in [-0.1, -0.05) is 29.1 Å². The maximum absolute atomic E-state index is 11.5. The van der Waals surface area contributed by atoms with Crippen LogP contribution in [0.25, 0.3) is 0 Å². The molecule has 0 amide bonds. The summed E-state index contributed by atoms with van der Waals surface area (Å²) in [6.07, 6.45) is 6.12. The van der Waals surface area contributed by atoms with E-state index < -0.39 is 5.54 Å². The molecule has 0 aliphatic heterocycles. The normalized spacial score (nSPS) is 33.5. The maximum atomic E-state index is 11.5. The Morgan fingerprint density at radius 3 is 3.12 bits per heavy atom. The van der Waals surface area contributed by atoms with Crippen molar-refractivity contribution in [3.8, 4) is 0 Å². The second kappa shape index (κ2) is 3.43. The monoisotopic (exact) mass is 248 g/mol. The van der Waals surface area contributed by atoms with Crippen molar-refractivity contribution in [3.63, 3.8) is 0 Å². The van der Waals surface area contributed by atoms with E-state index in [9.17, 15) is 4.79 Å². The summed E-state index contributed by atoms with van der Waals surface area (Å²) < 4.78 is 0. The van der Waals surface area contributed by atoms with Crippen LogP contribution in [0, 0.1) is 5.92 Å². The standard InChI is InChI=1S/C13H16N2OS/c1-3-9-8-4-7(2)6-13(9,14)11-10(5-8)15-12(16)17-11/h3-4,8H,5-6,14H2,1-2H3,(H,15,16)/b9-3+/t8-,13+/m0/s1. The van der Waals surface area contributed by atoms with E-state index >= 15 is 0 Å². The molecule has 0 unspecified atom stereocenters. The van der Waals surface area contributed by atoms with Crippen LogP contribution in [0.5, 0.6) is 0 Å². The summed E-state index contributed by atoms with van der Waals surface area (Å²) in [6, 6.07) is 0. The summed E-state index contributed by atoms with van der Waals surface area (Å²) in [7, 11) is 0. The number of H-pyrrole nitrogens is 1. The Morgan fingerprint density at radius 2 is 2.41 bits per heavy atom. The molecule has 1 aromatic heterocycles. The lowest BCUT2D eigenvalue weighted by molar-refractivity contribution is 0.420. The summed E-state index contributed by atoms with van der Waals surface area (Å²) in [6.45, 7) is 4.17. The number of aromatic amines is 1. The highest BCUT2D eigenvalue weighted by atomic mass is 32.1. The summed E-state index contributed by atoms with van der Waals surface area (Å²) in [5.41, 5.74) is 9.80. The molecule has 0 saturated heterocycles. The van der Waals surface area contributed by atoms with Crippen LogP contribution in [0.3, 0.4) is 0 Å². The summed E-state index contributed by atoms with van der Waals surface area (Å²) in [4.78, 5) is 15.5. The van der Waals surface area contributed by atoms with Crippen LogP contribution >= 0.6 is 11.3 Å². The molecule has 0 aromatic carbocycles. The minimum absolute atomic E-state index is 0.0143. The van der Waals surface area contributed by atoms with E-state index in [-0.39, 0.29) is 4.87 Å². The van der Waals surface area contributed by atoms with Gasteiger partial charge in [-0.25, -0.2) is 0 Å². The Balaban J connectivity index is 2.28. The van der Waals surface area contributed by atoms with Crippen LogP contribution in [-0.4, -0.2) is 4.98 Å². The van der Waals surface area contributed by atoms with Crippen molar-refractivity contribution in [1.29, 1.82) is 0 Å². The second-order valence-corrected chi connectivity index (χ2v) is 6.02. The van der Waals surface area contributed by atoms with E-state index in [1.807, 2.05) is 6.92 Å². The molecular weight excluding hydrogens is 232 g/mol. The molecule has 2 atom stereocenters. The first-order chi connectivity index (χ1) is 8.04. The number of nitrogens with two attached hydrogens (primary N) is 1. The van der Waals surface area contributed by atoms with Crippen molar-refractivity contribution in [2.45, 2.75) is 32.2 Å². The van der Waals surface area contributed by atoms with Crippen LogP contribution in [0.4, 0.5) is 0 Å². The fourth-order valence-electron chi connectivity index (χ4n) is 3.30. The zero-order valence-electron chi connectivity index (χ0n) is 10.0. The lowest BCUT2D eigenvalue weighted by Crippen LogP contribution is -2.46. The van der Waals surface area contributed by atoms with Gasteiger partial charge in [0.25, 0.3) is 0 Å². The molecule has 4 heteroatoms. The molecule has 0 radical (unpaired) electrons. The van der Waals surface area contributed by atoms with Gasteiger partial charge in [-0.05, 0) is 32.3 Å². The third-order valence-corrected chi connectivity index (χ3v) is 4.92. The van der Waals surface area contributed by atoms with Crippen molar-refractivity contribution < 1.29 is 0 Å². The van der Waals surface area contributed by atoms with Crippen molar-refractivity contribution in [2.75, 3.05) is 0 Å². The third kappa shape index (κ3) is 1.40. The van der Waals surface area contributed by atoms with E-state index in [4.69, 9.17) is 5.73 Å².